The molecule has 3 N–H and O–H groups in total. The number of nitrogens with two attached hydrogens (primary N) is 1. The molecule has 2 amide bonds. The molecule has 0 aliphatic carbocycles. The molecule has 2 aromatic rings. The number of rotatable bonds is 1. The first-order valence-corrected chi connectivity index (χ1v) is 8.45. The smallest absolute Gasteiger partial charge is 0.325 e. The second kappa shape index (κ2) is 6.09. The molecule has 1 saturated heterocycles. The van der Waals surface area contributed by atoms with Crippen molar-refractivity contribution in [3.63, 3.8) is 0 Å². The van der Waals surface area contributed by atoms with Crippen molar-refractivity contribution in [1.29, 1.82) is 0 Å². The quantitative estimate of drug-likeness (QED) is 0.805. The number of fused-ring (bicyclic) bond motifs is 2. The van der Waals surface area contributed by atoms with Gasteiger partial charge in [0.25, 0.3) is 5.91 Å². The molecule has 0 bridgehead atoms. The number of nitrogens with one attached hydrogen (secondary N) is 1. The zero-order chi connectivity index (χ0) is 19.3. The Morgan fingerprint density at radius 1 is 1.07 bits per heavy atom. The minimum atomic E-state index is -4.45. The van der Waals surface area contributed by atoms with E-state index in [0.717, 1.165) is 12.1 Å². The molecule has 2 aliphatic rings. The average molecular weight is 375 g/mol. The summed E-state index contributed by atoms with van der Waals surface area (Å²) in [6.45, 7) is 0.366. The summed E-state index contributed by atoms with van der Waals surface area (Å²) in [4.78, 5) is 26.8. The molecule has 27 heavy (non-hydrogen) atoms. The monoisotopic (exact) mass is 375 g/mol. The highest BCUT2D eigenvalue weighted by Crippen LogP contribution is 2.35. The maximum Gasteiger partial charge on any atom is 0.416 e. The zero-order valence-electron chi connectivity index (χ0n) is 14.1. The van der Waals surface area contributed by atoms with Crippen molar-refractivity contribution in [2.45, 2.75) is 24.7 Å². The van der Waals surface area contributed by atoms with E-state index < -0.39 is 23.8 Å². The third kappa shape index (κ3) is 2.95. The van der Waals surface area contributed by atoms with Crippen LogP contribution in [0.5, 0.6) is 0 Å². The molecule has 140 valence electrons. The molecule has 2 atom stereocenters. The van der Waals surface area contributed by atoms with E-state index in [1.54, 1.807) is 12.1 Å². The molecule has 2 aliphatic heterocycles. The third-order valence-corrected chi connectivity index (χ3v) is 5.01. The van der Waals surface area contributed by atoms with Crippen LogP contribution in [0.2, 0.25) is 0 Å². The Kier molecular flexibility index (Phi) is 3.96. The van der Waals surface area contributed by atoms with Crippen LogP contribution in [-0.2, 0) is 11.0 Å². The second-order valence-corrected chi connectivity index (χ2v) is 6.72. The number of hydrogen-bond donors (Lipinski definition) is 2. The third-order valence-electron chi connectivity index (χ3n) is 5.01. The Bertz CT molecular complexity index is 942. The summed E-state index contributed by atoms with van der Waals surface area (Å²) in [6, 6.07) is 8.36. The van der Waals surface area contributed by atoms with Crippen molar-refractivity contribution in [3.8, 4) is 11.1 Å². The van der Waals surface area contributed by atoms with Gasteiger partial charge in [0.2, 0.25) is 5.91 Å². The molecular formula is C19H16F3N3O2. The number of nitrogens with zero attached hydrogens (tertiary/aromatic N) is 1. The first-order valence-electron chi connectivity index (χ1n) is 8.45. The maximum absolute atomic E-state index is 13.0. The SMILES string of the molecule is N[C@H]1CCN2C(=O)c3cc(-c4cccc(C(F)(F)F)c4)ccc3NC(=O)[C@H]12. The van der Waals surface area contributed by atoms with Gasteiger partial charge in [0.05, 0.1) is 16.8 Å². The largest absolute Gasteiger partial charge is 0.416 e. The van der Waals surface area contributed by atoms with Gasteiger partial charge in [0.15, 0.2) is 0 Å². The summed E-state index contributed by atoms with van der Waals surface area (Å²) in [5.74, 6) is -0.700. The summed E-state index contributed by atoms with van der Waals surface area (Å²) in [5.41, 5.74) is 6.58. The normalized spacial score (nSPS) is 22.1. The fourth-order valence-corrected chi connectivity index (χ4v) is 3.63. The summed E-state index contributed by atoms with van der Waals surface area (Å²) in [7, 11) is 0. The maximum atomic E-state index is 13.0. The van der Waals surface area contributed by atoms with Gasteiger partial charge in [-0.15, -0.1) is 0 Å². The second-order valence-electron chi connectivity index (χ2n) is 6.72. The van der Waals surface area contributed by atoms with E-state index in [0.29, 0.717) is 29.8 Å². The Balaban J connectivity index is 1.77. The molecule has 1 fully saturated rings. The highest BCUT2D eigenvalue weighted by molar-refractivity contribution is 6.11. The van der Waals surface area contributed by atoms with E-state index >= 15 is 0 Å². The van der Waals surface area contributed by atoms with Gasteiger partial charge in [-0.1, -0.05) is 18.2 Å². The number of hydrogen-bond acceptors (Lipinski definition) is 3. The van der Waals surface area contributed by atoms with Crippen molar-refractivity contribution in [2.24, 2.45) is 5.73 Å². The lowest BCUT2D eigenvalue weighted by Crippen LogP contribution is -2.48. The van der Waals surface area contributed by atoms with Crippen molar-refractivity contribution in [2.75, 3.05) is 11.9 Å². The van der Waals surface area contributed by atoms with Gasteiger partial charge in [-0.25, -0.2) is 0 Å². The Morgan fingerprint density at radius 3 is 2.56 bits per heavy atom. The lowest BCUT2D eigenvalue weighted by molar-refractivity contribution is -0.137. The number of carbonyl (C=O) groups excluding carboxylic acids is 2. The molecule has 0 saturated carbocycles. The van der Waals surface area contributed by atoms with Gasteiger partial charge >= 0.3 is 6.18 Å². The highest BCUT2D eigenvalue weighted by Gasteiger charge is 2.43. The Labute approximate surface area is 153 Å². The van der Waals surface area contributed by atoms with E-state index in [2.05, 4.69) is 5.32 Å². The van der Waals surface area contributed by atoms with E-state index in [1.165, 1.54) is 23.1 Å². The van der Waals surface area contributed by atoms with E-state index in [1.807, 2.05) is 0 Å². The van der Waals surface area contributed by atoms with Crippen molar-refractivity contribution in [3.05, 3.63) is 53.6 Å². The number of anilines is 1. The fraction of sp³-hybridized carbons (Fsp3) is 0.263. The van der Waals surface area contributed by atoms with Crippen LogP contribution in [0.1, 0.15) is 22.3 Å². The van der Waals surface area contributed by atoms with Gasteiger partial charge < -0.3 is 16.0 Å². The van der Waals surface area contributed by atoms with Crippen LogP contribution in [0.3, 0.4) is 0 Å². The number of benzene rings is 2. The minimum absolute atomic E-state index is 0.245. The van der Waals surface area contributed by atoms with Crippen LogP contribution in [-0.4, -0.2) is 35.3 Å². The van der Waals surface area contributed by atoms with Crippen molar-refractivity contribution in [1.82, 2.24) is 4.90 Å². The van der Waals surface area contributed by atoms with Crippen LogP contribution in [0, 0.1) is 0 Å². The van der Waals surface area contributed by atoms with Crippen LogP contribution in [0.25, 0.3) is 11.1 Å². The van der Waals surface area contributed by atoms with Crippen LogP contribution in [0.15, 0.2) is 42.5 Å². The lowest BCUT2D eigenvalue weighted by Gasteiger charge is -2.22. The van der Waals surface area contributed by atoms with Crippen LogP contribution in [0.4, 0.5) is 18.9 Å². The van der Waals surface area contributed by atoms with Crippen LogP contribution < -0.4 is 11.1 Å². The fourth-order valence-electron chi connectivity index (χ4n) is 3.63. The van der Waals surface area contributed by atoms with Gasteiger partial charge in [0, 0.05) is 12.6 Å². The zero-order valence-corrected chi connectivity index (χ0v) is 14.1. The lowest BCUT2D eigenvalue weighted by atomic mass is 9.99. The van der Waals surface area contributed by atoms with E-state index in [4.69, 9.17) is 5.73 Å². The summed E-state index contributed by atoms with van der Waals surface area (Å²) >= 11 is 0. The molecule has 2 aromatic carbocycles. The number of carbonyl (C=O) groups is 2. The number of halogens is 3. The average Bonchev–Trinajstić information content (AvgIpc) is 2.98. The summed E-state index contributed by atoms with van der Waals surface area (Å²) in [5, 5.41) is 2.71. The molecule has 4 rings (SSSR count). The summed E-state index contributed by atoms with van der Waals surface area (Å²) in [6.07, 6.45) is -3.93. The molecular weight excluding hydrogens is 359 g/mol. The molecule has 8 heteroatoms. The van der Waals surface area contributed by atoms with Crippen LogP contribution >= 0.6 is 0 Å². The molecule has 5 nitrogen and oxygen atoms in total. The minimum Gasteiger partial charge on any atom is -0.325 e. The van der Waals surface area contributed by atoms with E-state index in [9.17, 15) is 22.8 Å². The molecule has 0 unspecified atom stereocenters. The highest BCUT2D eigenvalue weighted by atomic mass is 19.4. The van der Waals surface area contributed by atoms with Gasteiger partial charge in [-0.3, -0.25) is 9.59 Å². The predicted molar refractivity (Wildman–Crippen MR) is 92.9 cm³/mol. The first kappa shape index (κ1) is 17.5. The van der Waals surface area contributed by atoms with Crippen molar-refractivity contribution < 1.29 is 22.8 Å². The first-order chi connectivity index (χ1) is 12.8. The molecule has 2 heterocycles. The number of amides is 2. The standard InChI is InChI=1S/C19H16F3N3O2/c20-19(21,22)12-3-1-2-10(8-12)11-4-5-15-13(9-11)18(27)25-7-6-14(23)16(25)17(26)24-15/h1-5,8-9,14,16H,6-7,23H2,(H,24,26)/t14-,16-/m0/s1. The Morgan fingerprint density at radius 2 is 1.81 bits per heavy atom. The Hall–Kier alpha value is -2.87. The van der Waals surface area contributed by atoms with Gasteiger partial charge in [0.1, 0.15) is 6.04 Å². The van der Waals surface area contributed by atoms with Gasteiger partial charge in [-0.2, -0.15) is 13.2 Å². The topological polar surface area (TPSA) is 75.4 Å². The number of alkyl halides is 3. The molecule has 0 radical (unpaired) electrons. The molecule has 0 spiro atoms. The summed E-state index contributed by atoms with van der Waals surface area (Å²) < 4.78 is 38.9. The predicted octanol–water partition coefficient (Wildman–Crippen LogP) is 2.87. The van der Waals surface area contributed by atoms with Gasteiger partial charge in [-0.05, 0) is 41.8 Å². The van der Waals surface area contributed by atoms with E-state index in [-0.39, 0.29) is 17.4 Å². The molecule has 0 aromatic heterocycles. The van der Waals surface area contributed by atoms with Crippen molar-refractivity contribution >= 4 is 17.5 Å².